The number of aliphatic hydroxyl groups is 1. The minimum Gasteiger partial charge on any atom is -0.394 e. The Morgan fingerprint density at radius 3 is 2.50 bits per heavy atom. The van der Waals surface area contributed by atoms with Gasteiger partial charge in [-0.15, -0.1) is 4.48 Å². The van der Waals surface area contributed by atoms with E-state index in [2.05, 4.69) is 5.32 Å². The molecule has 0 bridgehead atoms. The van der Waals surface area contributed by atoms with Crippen LogP contribution >= 0.6 is 0 Å². The van der Waals surface area contributed by atoms with Crippen LogP contribution in [-0.2, 0) is 19.0 Å². The van der Waals surface area contributed by atoms with E-state index in [1.165, 1.54) is 6.20 Å². The Bertz CT molecular complexity index is 853. The number of imide groups is 2. The van der Waals surface area contributed by atoms with E-state index in [4.69, 9.17) is 14.2 Å². The van der Waals surface area contributed by atoms with Crippen molar-refractivity contribution in [3.8, 4) is 0 Å². The van der Waals surface area contributed by atoms with Crippen molar-refractivity contribution in [2.45, 2.75) is 44.2 Å². The molecule has 1 aromatic rings. The highest BCUT2D eigenvalue weighted by molar-refractivity contribution is 6.06. The van der Waals surface area contributed by atoms with Crippen LogP contribution in [0.1, 0.15) is 24.2 Å². The zero-order chi connectivity index (χ0) is 20.1. The molecule has 5 atom stereocenters. The quantitative estimate of drug-likeness (QED) is 0.730. The summed E-state index contributed by atoms with van der Waals surface area (Å²) in [6.07, 6.45) is -1.05. The number of benzene rings is 1. The molecule has 2 saturated heterocycles. The number of quaternary nitrogens is 1. The third kappa shape index (κ3) is 2.79. The average Bonchev–Trinajstić information content (AvgIpc) is 3.15. The third-order valence-corrected chi connectivity index (χ3v) is 5.09. The maximum atomic E-state index is 13.5. The summed E-state index contributed by atoms with van der Waals surface area (Å²) < 4.78 is 16.7. The third-order valence-electron chi connectivity index (χ3n) is 5.09. The molecular weight excluding hydrogens is 368 g/mol. The molecule has 28 heavy (non-hydrogen) atoms. The average molecular weight is 389 g/mol. The van der Waals surface area contributed by atoms with Gasteiger partial charge in [-0.1, -0.05) is 18.2 Å². The lowest BCUT2D eigenvalue weighted by Crippen LogP contribution is -2.68. The van der Waals surface area contributed by atoms with Gasteiger partial charge in [-0.2, -0.15) is 0 Å². The van der Waals surface area contributed by atoms with E-state index in [-0.39, 0.29) is 12.2 Å². The van der Waals surface area contributed by atoms with Crippen molar-refractivity contribution in [2.24, 2.45) is 0 Å². The molecule has 2 fully saturated rings. The maximum Gasteiger partial charge on any atom is 0.438 e. The fourth-order valence-electron chi connectivity index (χ4n) is 3.90. The van der Waals surface area contributed by atoms with Crippen molar-refractivity contribution in [3.05, 3.63) is 48.2 Å². The summed E-state index contributed by atoms with van der Waals surface area (Å²) in [4.78, 5) is 38.2. The van der Waals surface area contributed by atoms with E-state index >= 15 is 0 Å². The van der Waals surface area contributed by atoms with Crippen LogP contribution in [-0.4, -0.2) is 64.4 Å². The van der Waals surface area contributed by atoms with Gasteiger partial charge < -0.3 is 19.3 Å². The number of nitrogens with zero attached hydrogens (tertiary/aromatic N) is 1. The van der Waals surface area contributed by atoms with Crippen molar-refractivity contribution in [3.63, 3.8) is 0 Å². The highest BCUT2D eigenvalue weighted by Crippen LogP contribution is 2.43. The van der Waals surface area contributed by atoms with Gasteiger partial charge in [-0.25, -0.2) is 14.9 Å². The summed E-state index contributed by atoms with van der Waals surface area (Å²) in [5.41, 5.74) is 0.266. The molecule has 3 aliphatic heterocycles. The first kappa shape index (κ1) is 18.9. The molecule has 0 radical (unpaired) electrons. The number of hydrogen-bond acceptors (Lipinski definition) is 7. The maximum absolute atomic E-state index is 13.5. The molecule has 0 aromatic heterocycles. The van der Waals surface area contributed by atoms with Gasteiger partial charge >= 0.3 is 11.9 Å². The summed E-state index contributed by atoms with van der Waals surface area (Å²) in [5, 5.41) is 11.9. The van der Waals surface area contributed by atoms with Crippen LogP contribution in [0.2, 0.25) is 0 Å². The van der Waals surface area contributed by atoms with Crippen LogP contribution in [0.25, 0.3) is 0 Å². The molecule has 1 unspecified atom stereocenters. The molecule has 1 aromatic carbocycles. The predicted octanol–water partition coefficient (Wildman–Crippen LogP) is 0.644. The number of urea groups is 1. The van der Waals surface area contributed by atoms with Crippen LogP contribution in [0.4, 0.5) is 4.79 Å². The van der Waals surface area contributed by atoms with Gasteiger partial charge in [0.05, 0.1) is 18.2 Å². The van der Waals surface area contributed by atoms with E-state index in [1.807, 2.05) is 0 Å². The largest absolute Gasteiger partial charge is 0.438 e. The summed E-state index contributed by atoms with van der Waals surface area (Å²) in [5.74, 6) is -2.19. The Morgan fingerprint density at radius 2 is 1.86 bits per heavy atom. The van der Waals surface area contributed by atoms with Crippen LogP contribution in [0.3, 0.4) is 0 Å². The molecule has 0 aliphatic carbocycles. The number of ether oxygens (including phenoxy) is 3. The van der Waals surface area contributed by atoms with Crippen molar-refractivity contribution in [1.29, 1.82) is 0 Å². The lowest BCUT2D eigenvalue weighted by atomic mass is 10.1. The van der Waals surface area contributed by atoms with Gasteiger partial charge in [-0.3, -0.25) is 4.79 Å². The Morgan fingerprint density at radius 1 is 1.18 bits per heavy atom. The minimum absolute atomic E-state index is 0.266. The summed E-state index contributed by atoms with van der Waals surface area (Å²) in [6, 6.07) is 7.40. The first-order chi connectivity index (χ1) is 13.3. The lowest BCUT2D eigenvalue weighted by molar-refractivity contribution is -0.778. The number of aliphatic hydroxyl groups excluding tert-OH is 1. The Balaban J connectivity index is 1.83. The zero-order valence-electron chi connectivity index (χ0n) is 15.4. The summed E-state index contributed by atoms with van der Waals surface area (Å²) >= 11 is 0. The Kier molecular flexibility index (Phi) is 4.44. The van der Waals surface area contributed by atoms with Crippen LogP contribution in [0.15, 0.2) is 42.6 Å². The van der Waals surface area contributed by atoms with Crippen molar-refractivity contribution < 1.29 is 38.2 Å². The van der Waals surface area contributed by atoms with Gasteiger partial charge in [0, 0.05) is 0 Å². The number of hydrogen-bond donors (Lipinski definition) is 2. The number of nitrogens with one attached hydrogen (secondary N) is 1. The number of fused-ring (bicyclic) bond motifs is 1. The van der Waals surface area contributed by atoms with E-state index in [0.717, 1.165) is 6.08 Å². The molecule has 3 heterocycles. The lowest BCUT2D eigenvalue weighted by Gasteiger charge is -2.37. The second-order valence-corrected chi connectivity index (χ2v) is 7.37. The smallest absolute Gasteiger partial charge is 0.394 e. The molecule has 0 saturated carbocycles. The molecule has 148 valence electrons. The first-order valence-electron chi connectivity index (χ1n) is 8.93. The highest BCUT2D eigenvalue weighted by Gasteiger charge is 2.67. The number of carbonyl (C=O) groups excluding carboxylic acids is 3. The molecule has 9 nitrogen and oxygen atoms in total. The zero-order valence-corrected chi connectivity index (χ0v) is 15.4. The highest BCUT2D eigenvalue weighted by atomic mass is 16.8. The fourth-order valence-corrected chi connectivity index (χ4v) is 3.90. The molecule has 3 aliphatic rings. The Labute approximate surface area is 161 Å². The molecule has 2 N–H and O–H groups in total. The first-order valence-corrected chi connectivity index (χ1v) is 8.93. The SMILES string of the molecule is CC1(C)O[C@@H]2[C@H](O1)[C@@H](CO)O[C@H]2[N+]1(C(=O)c2ccccc2)C=CC(=O)NC1=O. The predicted molar refractivity (Wildman–Crippen MR) is 93.3 cm³/mol. The van der Waals surface area contributed by atoms with Gasteiger partial charge in [0.25, 0.3) is 5.91 Å². The summed E-state index contributed by atoms with van der Waals surface area (Å²) in [7, 11) is 0. The van der Waals surface area contributed by atoms with Crippen molar-refractivity contribution >= 4 is 17.8 Å². The van der Waals surface area contributed by atoms with Crippen molar-refractivity contribution in [1.82, 2.24) is 5.32 Å². The standard InChI is InChI=1S/C19H20N2O7/c1-19(2)27-14-12(10-22)26-17(15(14)28-19)21(9-8-13(23)20-18(21)25)16(24)11-6-4-3-5-7-11/h3-9,12,14-15,17,22H,10H2,1-2H3/p+1/t12-,14-,15-,17-,21?/m1/s1. The second-order valence-electron chi connectivity index (χ2n) is 7.37. The number of carbonyl (C=O) groups is 3. The molecule has 4 amide bonds. The molecule has 0 spiro atoms. The number of rotatable bonds is 3. The van der Waals surface area contributed by atoms with Crippen molar-refractivity contribution in [2.75, 3.05) is 6.61 Å². The van der Waals surface area contributed by atoms with Crippen LogP contribution in [0, 0.1) is 0 Å². The Hall–Kier alpha value is -2.43. The van der Waals surface area contributed by atoms with Crippen LogP contribution < -0.4 is 5.32 Å². The van der Waals surface area contributed by atoms with Gasteiger partial charge in [0.15, 0.2) is 11.9 Å². The molecule has 9 heteroatoms. The van der Waals surface area contributed by atoms with E-state index in [9.17, 15) is 19.5 Å². The van der Waals surface area contributed by atoms with E-state index < -0.39 is 52.7 Å². The fraction of sp³-hybridized carbons (Fsp3) is 0.421. The minimum atomic E-state index is -1.14. The molecular formula is C19H21N2O7+. The molecule has 4 rings (SSSR count). The van der Waals surface area contributed by atoms with Gasteiger partial charge in [0.2, 0.25) is 6.23 Å². The monoisotopic (exact) mass is 389 g/mol. The van der Waals surface area contributed by atoms with E-state index in [1.54, 1.807) is 44.2 Å². The number of amides is 4. The second kappa shape index (κ2) is 6.57. The summed E-state index contributed by atoms with van der Waals surface area (Å²) in [6.45, 7) is 3.03. The topological polar surface area (TPSA) is 111 Å². The van der Waals surface area contributed by atoms with Crippen LogP contribution in [0.5, 0.6) is 0 Å². The normalized spacial score (nSPS) is 36.2. The van der Waals surface area contributed by atoms with Gasteiger partial charge in [-0.05, 0) is 26.0 Å². The van der Waals surface area contributed by atoms with E-state index in [0.29, 0.717) is 0 Å². The van der Waals surface area contributed by atoms with Gasteiger partial charge in [0.1, 0.15) is 18.4 Å².